The highest BCUT2D eigenvalue weighted by Gasteiger charge is 2.24. The van der Waals surface area contributed by atoms with Crippen molar-refractivity contribution in [3.8, 4) is 0 Å². The van der Waals surface area contributed by atoms with Crippen molar-refractivity contribution in [2.24, 2.45) is 5.73 Å². The zero-order valence-electron chi connectivity index (χ0n) is 18.5. The summed E-state index contributed by atoms with van der Waals surface area (Å²) in [5.74, 6) is 0.113. The van der Waals surface area contributed by atoms with Gasteiger partial charge in [0.25, 0.3) is 0 Å². The number of aryl methyl sites for hydroxylation is 4. The van der Waals surface area contributed by atoms with E-state index in [2.05, 4.69) is 32.0 Å². The fourth-order valence-electron chi connectivity index (χ4n) is 4.05. The molecule has 0 bridgehead atoms. The number of Topliss-reactive ketones (excluding diaryl/α,β-unsaturated/α-hetero) is 2. The minimum absolute atomic E-state index is 0.00656. The van der Waals surface area contributed by atoms with E-state index in [0.29, 0.717) is 18.4 Å². The summed E-state index contributed by atoms with van der Waals surface area (Å²) >= 11 is 0. The Morgan fingerprint density at radius 1 is 1.03 bits per heavy atom. The van der Waals surface area contributed by atoms with Gasteiger partial charge in [0.05, 0.1) is 6.04 Å². The zero-order chi connectivity index (χ0) is 21.8. The maximum absolute atomic E-state index is 13.2. The Bertz CT molecular complexity index is 1000. The first kappa shape index (κ1) is 22.2. The van der Waals surface area contributed by atoms with Gasteiger partial charge in [-0.25, -0.2) is 0 Å². The van der Waals surface area contributed by atoms with Crippen molar-refractivity contribution in [3.63, 3.8) is 0 Å². The molecule has 1 aliphatic carbocycles. The summed E-state index contributed by atoms with van der Waals surface area (Å²) in [6, 6.07) is 9.77. The molecule has 1 unspecified atom stereocenters. The maximum Gasteiger partial charge on any atom is 0.163 e. The number of ketones is 2. The molecule has 0 saturated heterocycles. The summed E-state index contributed by atoms with van der Waals surface area (Å²) < 4.78 is 0. The third-order valence-electron chi connectivity index (χ3n) is 5.97. The standard InChI is InChI=1S/C27H32NO2/c1-5-19-14-17(3)10-11-20(19)8-7-9-26(30)24-16-22(27(28)25(29)6-2)18(4)15-23(24)21-12-13-21/h10-16,27H,5-9,28H2,1-4H3. The first-order valence-electron chi connectivity index (χ1n) is 11.0. The summed E-state index contributed by atoms with van der Waals surface area (Å²) in [5, 5.41) is 0. The van der Waals surface area contributed by atoms with Crippen LogP contribution in [0.15, 0.2) is 36.4 Å². The second-order valence-corrected chi connectivity index (χ2v) is 8.24. The number of hydrogen-bond donors (Lipinski definition) is 1. The molecule has 157 valence electrons. The van der Waals surface area contributed by atoms with E-state index in [1.165, 1.54) is 16.7 Å². The van der Waals surface area contributed by atoms with Crippen molar-refractivity contribution >= 4 is 17.1 Å². The minimum atomic E-state index is -0.674. The molecule has 2 N–H and O–H groups in total. The molecule has 3 nitrogen and oxygen atoms in total. The number of benzene rings is 2. The highest BCUT2D eigenvalue weighted by Crippen LogP contribution is 2.35. The van der Waals surface area contributed by atoms with E-state index in [9.17, 15) is 9.59 Å². The number of hydrogen-bond acceptors (Lipinski definition) is 3. The Kier molecular flexibility index (Phi) is 7.04. The van der Waals surface area contributed by atoms with E-state index in [-0.39, 0.29) is 11.6 Å². The van der Waals surface area contributed by atoms with Gasteiger partial charge in [0.2, 0.25) is 0 Å². The molecule has 1 aliphatic rings. The first-order valence-corrected chi connectivity index (χ1v) is 11.0. The molecule has 0 amide bonds. The van der Waals surface area contributed by atoms with Gasteiger partial charge >= 0.3 is 0 Å². The van der Waals surface area contributed by atoms with Crippen LogP contribution >= 0.6 is 0 Å². The van der Waals surface area contributed by atoms with Crippen LogP contribution in [0.3, 0.4) is 0 Å². The van der Waals surface area contributed by atoms with E-state index < -0.39 is 6.04 Å². The molecular formula is C27H32NO2. The Hall–Kier alpha value is -2.52. The molecule has 2 aromatic carbocycles. The average molecular weight is 403 g/mol. The van der Waals surface area contributed by atoms with Crippen LogP contribution < -0.4 is 5.73 Å². The Labute approximate surface area is 180 Å². The summed E-state index contributed by atoms with van der Waals surface area (Å²) in [6.45, 7) is 8.06. The lowest BCUT2D eigenvalue weighted by Gasteiger charge is -2.17. The van der Waals surface area contributed by atoms with Gasteiger partial charge in [-0.3, -0.25) is 9.59 Å². The minimum Gasteiger partial charge on any atom is -0.318 e. The molecule has 3 heteroatoms. The van der Waals surface area contributed by atoms with Crippen molar-refractivity contribution in [2.75, 3.05) is 0 Å². The quantitative estimate of drug-likeness (QED) is 0.522. The third kappa shape index (κ3) is 4.96. The monoisotopic (exact) mass is 402 g/mol. The number of carbonyl (C=O) groups excluding carboxylic acids is 2. The Morgan fingerprint density at radius 3 is 2.40 bits per heavy atom. The van der Waals surface area contributed by atoms with Gasteiger partial charge in [0, 0.05) is 24.8 Å². The predicted octanol–water partition coefficient (Wildman–Crippen LogP) is 5.65. The molecule has 0 aliphatic heterocycles. The zero-order valence-corrected chi connectivity index (χ0v) is 18.5. The molecule has 0 aromatic heterocycles. The van der Waals surface area contributed by atoms with E-state index >= 15 is 0 Å². The third-order valence-corrected chi connectivity index (χ3v) is 5.97. The molecule has 1 radical (unpaired) electrons. The average Bonchev–Trinajstić information content (AvgIpc) is 3.58. The van der Waals surface area contributed by atoms with Crippen molar-refractivity contribution in [2.45, 2.75) is 65.8 Å². The summed E-state index contributed by atoms with van der Waals surface area (Å²) in [5.41, 5.74) is 14.6. The van der Waals surface area contributed by atoms with Gasteiger partial charge in [0.1, 0.15) is 0 Å². The van der Waals surface area contributed by atoms with Crippen molar-refractivity contribution < 1.29 is 9.59 Å². The normalized spacial score (nSPS) is 13.7. The second kappa shape index (κ2) is 9.53. The summed E-state index contributed by atoms with van der Waals surface area (Å²) in [6.07, 6.45) is 7.61. The van der Waals surface area contributed by atoms with Crippen molar-refractivity contribution in [1.29, 1.82) is 0 Å². The molecular weight excluding hydrogens is 370 g/mol. The van der Waals surface area contributed by atoms with Gasteiger partial charge < -0.3 is 5.73 Å². The largest absolute Gasteiger partial charge is 0.318 e. The lowest BCUT2D eigenvalue weighted by atomic mass is 9.88. The Morgan fingerprint density at radius 2 is 1.77 bits per heavy atom. The summed E-state index contributed by atoms with van der Waals surface area (Å²) in [7, 11) is 0. The van der Waals surface area contributed by atoms with Gasteiger partial charge in [-0.05, 0) is 72.6 Å². The van der Waals surface area contributed by atoms with Gasteiger partial charge in [-0.2, -0.15) is 0 Å². The molecule has 2 aromatic rings. The van der Waals surface area contributed by atoms with Crippen LogP contribution in [0.5, 0.6) is 0 Å². The number of allylic oxidation sites excluding steroid dienone is 2. The Balaban J connectivity index is 1.79. The molecule has 30 heavy (non-hydrogen) atoms. The molecule has 0 spiro atoms. The summed E-state index contributed by atoms with van der Waals surface area (Å²) in [4.78, 5) is 25.3. The van der Waals surface area contributed by atoms with Crippen LogP contribution in [0.25, 0.3) is 5.57 Å². The lowest BCUT2D eigenvalue weighted by Crippen LogP contribution is -2.22. The fraction of sp³-hybridized carbons (Fsp3) is 0.370. The number of nitrogens with two attached hydrogens (primary N) is 1. The van der Waals surface area contributed by atoms with E-state index in [0.717, 1.165) is 41.5 Å². The number of rotatable bonds is 10. The van der Waals surface area contributed by atoms with E-state index in [1.807, 2.05) is 38.5 Å². The highest BCUT2D eigenvalue weighted by atomic mass is 16.1. The van der Waals surface area contributed by atoms with E-state index in [4.69, 9.17) is 5.73 Å². The van der Waals surface area contributed by atoms with Gasteiger partial charge in [-0.1, -0.05) is 49.8 Å². The number of carbonyl (C=O) groups is 2. The lowest BCUT2D eigenvalue weighted by molar-refractivity contribution is -0.120. The predicted molar refractivity (Wildman–Crippen MR) is 124 cm³/mol. The first-order chi connectivity index (χ1) is 14.3. The molecule has 0 heterocycles. The topological polar surface area (TPSA) is 60.2 Å². The maximum atomic E-state index is 13.2. The smallest absolute Gasteiger partial charge is 0.163 e. The van der Waals surface area contributed by atoms with Crippen molar-refractivity contribution in [1.82, 2.24) is 0 Å². The SMILES string of the molecule is CCC(=O)C(N)c1cc(C(=O)CCCc2ccc(C)cc2CC)c(C2=C[CH]2)cc1C. The van der Waals surface area contributed by atoms with Crippen LogP contribution in [0.1, 0.15) is 82.9 Å². The fourth-order valence-corrected chi connectivity index (χ4v) is 4.05. The molecule has 0 fully saturated rings. The van der Waals surface area contributed by atoms with Crippen LogP contribution in [0.2, 0.25) is 0 Å². The second-order valence-electron chi connectivity index (χ2n) is 8.24. The van der Waals surface area contributed by atoms with E-state index in [1.54, 1.807) is 0 Å². The van der Waals surface area contributed by atoms with Crippen LogP contribution in [0, 0.1) is 20.3 Å². The molecule has 1 atom stereocenters. The molecule has 3 rings (SSSR count). The highest BCUT2D eigenvalue weighted by molar-refractivity contribution is 6.04. The van der Waals surface area contributed by atoms with Crippen LogP contribution in [0.4, 0.5) is 0 Å². The van der Waals surface area contributed by atoms with Crippen LogP contribution in [-0.4, -0.2) is 11.6 Å². The van der Waals surface area contributed by atoms with Crippen LogP contribution in [-0.2, 0) is 17.6 Å². The van der Waals surface area contributed by atoms with Gasteiger partial charge in [-0.15, -0.1) is 0 Å². The van der Waals surface area contributed by atoms with Gasteiger partial charge in [0.15, 0.2) is 11.6 Å². The van der Waals surface area contributed by atoms with Crippen molar-refractivity contribution in [3.05, 3.63) is 81.8 Å². The molecule has 0 saturated carbocycles.